The molecule has 0 bridgehead atoms. The first kappa shape index (κ1) is 22.5. The lowest BCUT2D eigenvalue weighted by molar-refractivity contribution is -0.121. The third-order valence-corrected chi connectivity index (χ3v) is 5.37. The lowest BCUT2D eigenvalue weighted by Gasteiger charge is -2.25. The number of ether oxygens (including phenoxy) is 1. The van der Waals surface area contributed by atoms with Gasteiger partial charge < -0.3 is 19.4 Å². The van der Waals surface area contributed by atoms with E-state index in [-0.39, 0.29) is 5.91 Å². The van der Waals surface area contributed by atoms with Crippen molar-refractivity contribution < 1.29 is 13.9 Å². The number of benzene rings is 2. The highest BCUT2D eigenvalue weighted by molar-refractivity contribution is 5.91. The Balaban J connectivity index is 1.64. The molecule has 1 amide bonds. The van der Waals surface area contributed by atoms with Gasteiger partial charge in [0.25, 0.3) is 0 Å². The van der Waals surface area contributed by atoms with Gasteiger partial charge in [-0.15, -0.1) is 0 Å². The summed E-state index contributed by atoms with van der Waals surface area (Å²) in [6.45, 7) is 2.24. The van der Waals surface area contributed by atoms with Crippen molar-refractivity contribution >= 4 is 22.6 Å². The van der Waals surface area contributed by atoms with Gasteiger partial charge in [0.2, 0.25) is 5.91 Å². The van der Waals surface area contributed by atoms with Crippen LogP contribution in [-0.2, 0) is 16.0 Å². The second-order valence-corrected chi connectivity index (χ2v) is 7.68. The van der Waals surface area contributed by atoms with E-state index in [1.165, 1.54) is 5.56 Å². The number of aromatic nitrogens is 2. The number of nitrogens with one attached hydrogen (secondary N) is 1. The molecular weight excluding hydrogens is 416 g/mol. The number of carbonyl (C=O) groups is 1. The Hall–Kier alpha value is -3.71. The van der Waals surface area contributed by atoms with E-state index in [0.717, 1.165) is 23.1 Å². The molecule has 7 nitrogen and oxygen atoms in total. The summed E-state index contributed by atoms with van der Waals surface area (Å²) in [5, 5.41) is 3.84. The minimum absolute atomic E-state index is 0.0126. The molecule has 0 saturated carbocycles. The first-order chi connectivity index (χ1) is 16.2. The fourth-order valence-electron chi connectivity index (χ4n) is 3.67. The van der Waals surface area contributed by atoms with Gasteiger partial charge in [-0.05, 0) is 36.2 Å². The summed E-state index contributed by atoms with van der Waals surface area (Å²) in [6, 6.07) is 21.9. The van der Waals surface area contributed by atoms with E-state index in [1.54, 1.807) is 13.4 Å². The van der Waals surface area contributed by atoms with Gasteiger partial charge >= 0.3 is 0 Å². The maximum atomic E-state index is 12.4. The topological polar surface area (TPSA) is 80.5 Å². The fraction of sp³-hybridized carbons (Fsp3) is 0.269. The molecule has 0 unspecified atom stereocenters. The van der Waals surface area contributed by atoms with Crippen LogP contribution in [0.5, 0.6) is 0 Å². The largest absolute Gasteiger partial charge is 0.461 e. The Kier molecular flexibility index (Phi) is 7.66. The molecule has 4 aromatic rings. The van der Waals surface area contributed by atoms with Crippen molar-refractivity contribution in [2.24, 2.45) is 0 Å². The van der Waals surface area contributed by atoms with Gasteiger partial charge in [0, 0.05) is 38.6 Å². The van der Waals surface area contributed by atoms with E-state index in [4.69, 9.17) is 19.1 Å². The predicted molar refractivity (Wildman–Crippen MR) is 129 cm³/mol. The molecule has 0 aliphatic rings. The van der Waals surface area contributed by atoms with Gasteiger partial charge in [0.15, 0.2) is 11.6 Å². The molecule has 33 heavy (non-hydrogen) atoms. The zero-order valence-corrected chi connectivity index (χ0v) is 18.7. The van der Waals surface area contributed by atoms with Gasteiger partial charge in [-0.3, -0.25) is 4.79 Å². The number of amides is 1. The zero-order chi connectivity index (χ0) is 22.9. The quantitative estimate of drug-likeness (QED) is 0.351. The zero-order valence-electron chi connectivity index (χ0n) is 18.7. The molecule has 1 N–H and O–H groups in total. The van der Waals surface area contributed by atoms with Crippen LogP contribution in [0.25, 0.3) is 22.5 Å². The summed E-state index contributed by atoms with van der Waals surface area (Å²) in [5.74, 6) is 1.93. The van der Waals surface area contributed by atoms with Crippen molar-refractivity contribution in [3.63, 3.8) is 0 Å². The van der Waals surface area contributed by atoms with Crippen LogP contribution >= 0.6 is 0 Å². The van der Waals surface area contributed by atoms with Gasteiger partial charge in [-0.25, -0.2) is 9.97 Å². The molecule has 0 spiro atoms. The van der Waals surface area contributed by atoms with Crippen LogP contribution in [0.2, 0.25) is 0 Å². The van der Waals surface area contributed by atoms with Crippen LogP contribution in [0, 0.1) is 0 Å². The molecule has 2 heterocycles. The molecule has 0 atom stereocenters. The van der Waals surface area contributed by atoms with E-state index in [2.05, 4.69) is 22.3 Å². The lowest BCUT2D eigenvalue weighted by Crippen LogP contribution is -2.34. The Morgan fingerprint density at radius 2 is 1.82 bits per heavy atom. The minimum atomic E-state index is -0.0126. The molecule has 2 aromatic carbocycles. The molecule has 170 valence electrons. The number of carbonyl (C=O) groups excluding carboxylic acids is 1. The summed E-state index contributed by atoms with van der Waals surface area (Å²) in [7, 11) is 1.62. The lowest BCUT2D eigenvalue weighted by atomic mass is 10.1. The van der Waals surface area contributed by atoms with E-state index in [0.29, 0.717) is 44.2 Å². The van der Waals surface area contributed by atoms with Crippen molar-refractivity contribution in [1.29, 1.82) is 0 Å². The van der Waals surface area contributed by atoms with Gasteiger partial charge in [-0.2, -0.15) is 0 Å². The smallest absolute Gasteiger partial charge is 0.221 e. The third kappa shape index (κ3) is 5.96. The highest BCUT2D eigenvalue weighted by Crippen LogP contribution is 2.28. The van der Waals surface area contributed by atoms with Crippen LogP contribution < -0.4 is 10.2 Å². The fourth-order valence-corrected chi connectivity index (χ4v) is 3.67. The first-order valence-electron chi connectivity index (χ1n) is 11.1. The Bertz CT molecular complexity index is 1160. The van der Waals surface area contributed by atoms with Crippen LogP contribution in [0.1, 0.15) is 12.0 Å². The summed E-state index contributed by atoms with van der Waals surface area (Å²) in [6.07, 6.45) is 2.80. The van der Waals surface area contributed by atoms with E-state index in [9.17, 15) is 4.79 Å². The summed E-state index contributed by atoms with van der Waals surface area (Å²) >= 11 is 0. The molecule has 0 saturated heterocycles. The van der Waals surface area contributed by atoms with Crippen molar-refractivity contribution in [3.05, 3.63) is 78.6 Å². The average Bonchev–Trinajstić information content (AvgIpc) is 3.39. The highest BCUT2D eigenvalue weighted by atomic mass is 16.5. The van der Waals surface area contributed by atoms with E-state index in [1.807, 2.05) is 54.6 Å². The Labute approximate surface area is 193 Å². The molecule has 4 rings (SSSR count). The number of nitrogens with zero attached hydrogens (tertiary/aromatic N) is 3. The molecule has 0 aliphatic carbocycles. The number of furan rings is 1. The SMILES string of the molecule is COCCNC(=O)CCN(CCc1ccccc1)c1nc(-c2ccco2)nc2ccccc12. The normalized spacial score (nSPS) is 10.9. The van der Waals surface area contributed by atoms with Crippen LogP contribution in [0.3, 0.4) is 0 Å². The molecular formula is C26H28N4O3. The average molecular weight is 445 g/mol. The van der Waals surface area contributed by atoms with Crippen molar-refractivity contribution in [1.82, 2.24) is 15.3 Å². The Morgan fingerprint density at radius 3 is 2.61 bits per heavy atom. The number of para-hydroxylation sites is 1. The number of anilines is 1. The second kappa shape index (κ2) is 11.2. The van der Waals surface area contributed by atoms with Crippen LogP contribution in [0.15, 0.2) is 77.4 Å². The van der Waals surface area contributed by atoms with E-state index >= 15 is 0 Å². The highest BCUT2D eigenvalue weighted by Gasteiger charge is 2.18. The number of rotatable bonds is 11. The van der Waals surface area contributed by atoms with Crippen LogP contribution in [0.4, 0.5) is 5.82 Å². The standard InChI is InChI=1S/C26H28N4O3/c1-32-19-15-27-24(31)14-17-30(16-13-20-8-3-2-4-9-20)26-21-10-5-6-11-22(21)28-25(29-26)23-12-7-18-33-23/h2-12,18H,13-17,19H2,1H3,(H,27,31). The van der Waals surface area contributed by atoms with Gasteiger partial charge in [0.05, 0.1) is 18.4 Å². The molecule has 2 aromatic heterocycles. The first-order valence-corrected chi connectivity index (χ1v) is 11.1. The number of hydrogen-bond donors (Lipinski definition) is 1. The monoisotopic (exact) mass is 444 g/mol. The van der Waals surface area contributed by atoms with E-state index < -0.39 is 0 Å². The van der Waals surface area contributed by atoms with Gasteiger partial charge in [-0.1, -0.05) is 42.5 Å². The van der Waals surface area contributed by atoms with Crippen molar-refractivity contribution in [2.45, 2.75) is 12.8 Å². The number of hydrogen-bond acceptors (Lipinski definition) is 6. The molecule has 0 aliphatic heterocycles. The number of methoxy groups -OCH3 is 1. The van der Waals surface area contributed by atoms with Crippen molar-refractivity contribution in [3.8, 4) is 11.6 Å². The minimum Gasteiger partial charge on any atom is -0.461 e. The molecule has 0 radical (unpaired) electrons. The number of fused-ring (bicyclic) bond motifs is 1. The molecule has 0 fully saturated rings. The predicted octanol–water partition coefficient (Wildman–Crippen LogP) is 4.09. The maximum absolute atomic E-state index is 12.4. The summed E-state index contributed by atoms with van der Waals surface area (Å²) in [5.41, 5.74) is 2.07. The maximum Gasteiger partial charge on any atom is 0.221 e. The second-order valence-electron chi connectivity index (χ2n) is 7.68. The molecule has 7 heteroatoms. The Morgan fingerprint density at radius 1 is 1.00 bits per heavy atom. The summed E-state index contributed by atoms with van der Waals surface area (Å²) < 4.78 is 10.6. The third-order valence-electron chi connectivity index (χ3n) is 5.37. The van der Waals surface area contributed by atoms with Gasteiger partial charge in [0.1, 0.15) is 5.82 Å². The van der Waals surface area contributed by atoms with Crippen LogP contribution in [-0.4, -0.2) is 49.2 Å². The summed E-state index contributed by atoms with van der Waals surface area (Å²) in [4.78, 5) is 24.1. The van der Waals surface area contributed by atoms with Crippen molar-refractivity contribution in [2.75, 3.05) is 38.3 Å².